The summed E-state index contributed by atoms with van der Waals surface area (Å²) in [4.78, 5) is 2.05. The van der Waals surface area contributed by atoms with Crippen molar-refractivity contribution in [2.24, 2.45) is 0 Å². The van der Waals surface area contributed by atoms with E-state index in [1.165, 1.54) is 4.31 Å². The van der Waals surface area contributed by atoms with Crippen LogP contribution in [0.2, 0.25) is 0 Å². The lowest BCUT2D eigenvalue weighted by Gasteiger charge is -2.37. The minimum absolute atomic E-state index is 0.318. The third kappa shape index (κ3) is 6.20. The highest BCUT2D eigenvalue weighted by Crippen LogP contribution is 2.28. The highest BCUT2D eigenvalue weighted by molar-refractivity contribution is 9.10. The topological polar surface area (TPSA) is 70.1 Å². The Hall–Kier alpha value is -2.13. The first kappa shape index (κ1) is 23.5. The van der Waals surface area contributed by atoms with Crippen LogP contribution >= 0.6 is 15.9 Å². The van der Waals surface area contributed by atoms with Crippen LogP contribution in [-0.4, -0.2) is 47.8 Å². The summed E-state index contributed by atoms with van der Waals surface area (Å²) in [7, 11) is -3.63. The lowest BCUT2D eigenvalue weighted by atomic mass is 10.1. The van der Waals surface area contributed by atoms with Gasteiger partial charge in [0.15, 0.2) is 0 Å². The van der Waals surface area contributed by atoms with Crippen LogP contribution in [0.15, 0.2) is 77.4 Å². The van der Waals surface area contributed by atoms with Crippen LogP contribution in [0.25, 0.3) is 0 Å². The van der Waals surface area contributed by atoms with Crippen LogP contribution in [-0.2, 0) is 23.2 Å². The Bertz CT molecular complexity index is 1030. The minimum Gasteiger partial charge on any atom is -0.489 e. The van der Waals surface area contributed by atoms with Crippen LogP contribution in [0.3, 0.4) is 0 Å². The molecule has 1 unspecified atom stereocenters. The maximum Gasteiger partial charge on any atom is 0.238 e. The van der Waals surface area contributed by atoms with Crippen molar-refractivity contribution in [3.05, 3.63) is 88.6 Å². The molecule has 8 heteroatoms. The van der Waals surface area contributed by atoms with Gasteiger partial charge in [-0.05, 0) is 42.5 Å². The summed E-state index contributed by atoms with van der Waals surface area (Å²) < 4.78 is 33.7. The molecular formula is C23H27BrN2O4S. The van der Waals surface area contributed by atoms with Crippen LogP contribution in [0.1, 0.15) is 18.1 Å². The van der Waals surface area contributed by atoms with Crippen LogP contribution < -0.4 is 4.74 Å². The van der Waals surface area contributed by atoms with Crippen molar-refractivity contribution in [1.82, 2.24) is 9.21 Å². The van der Waals surface area contributed by atoms with E-state index in [9.17, 15) is 13.5 Å². The Labute approximate surface area is 192 Å². The fourth-order valence-electron chi connectivity index (χ4n) is 3.39. The largest absolute Gasteiger partial charge is 0.489 e. The number of aliphatic hydroxyl groups is 1. The van der Waals surface area contributed by atoms with E-state index in [1.54, 1.807) is 12.3 Å². The Kier molecular flexibility index (Phi) is 8.31. The molecule has 0 bridgehead atoms. The molecule has 3 rings (SSSR count). The Balaban J connectivity index is 1.83. The summed E-state index contributed by atoms with van der Waals surface area (Å²) in [5.41, 5.74) is 2.03. The number of hydrogen-bond donors (Lipinski definition) is 1. The van der Waals surface area contributed by atoms with Crippen LogP contribution in [0, 0.1) is 0 Å². The number of sulfonamides is 1. The summed E-state index contributed by atoms with van der Waals surface area (Å²) in [6, 6.07) is 15.8. The van der Waals surface area contributed by atoms with E-state index in [0.717, 1.165) is 21.3 Å². The molecule has 0 aromatic heterocycles. The number of hydrogen-bond acceptors (Lipinski definition) is 5. The number of allylic oxidation sites excluding steroid dienone is 2. The molecule has 0 aliphatic carbocycles. The van der Waals surface area contributed by atoms with Crippen molar-refractivity contribution < 1.29 is 18.3 Å². The maximum atomic E-state index is 12.7. The van der Waals surface area contributed by atoms with Gasteiger partial charge >= 0.3 is 0 Å². The number of aliphatic hydroxyl groups excluding tert-OH is 1. The van der Waals surface area contributed by atoms with E-state index in [1.807, 2.05) is 72.5 Å². The molecule has 1 atom stereocenters. The molecule has 0 fully saturated rings. The third-order valence-corrected chi connectivity index (χ3v) is 7.14. The monoisotopic (exact) mass is 506 g/mol. The van der Waals surface area contributed by atoms with E-state index in [4.69, 9.17) is 4.74 Å². The van der Waals surface area contributed by atoms with Gasteiger partial charge in [0.1, 0.15) is 18.5 Å². The van der Waals surface area contributed by atoms with Crippen molar-refractivity contribution >= 4 is 26.0 Å². The van der Waals surface area contributed by atoms with Crippen molar-refractivity contribution in [3.63, 3.8) is 0 Å². The molecule has 1 aliphatic heterocycles. The van der Waals surface area contributed by atoms with Gasteiger partial charge in [0, 0.05) is 22.8 Å². The summed E-state index contributed by atoms with van der Waals surface area (Å²) in [5, 5.41) is 9.19. The van der Waals surface area contributed by atoms with Gasteiger partial charge in [-0.15, -0.1) is 0 Å². The van der Waals surface area contributed by atoms with E-state index >= 15 is 0 Å². The molecule has 166 valence electrons. The minimum atomic E-state index is -3.63. The summed E-state index contributed by atoms with van der Waals surface area (Å²) in [5.74, 6) is 0.437. The van der Waals surface area contributed by atoms with Crippen molar-refractivity contribution in [3.8, 4) is 5.75 Å². The highest BCUT2D eigenvalue weighted by Gasteiger charge is 2.30. The van der Waals surface area contributed by atoms with Gasteiger partial charge in [0.05, 0.1) is 12.4 Å². The predicted molar refractivity (Wildman–Crippen MR) is 126 cm³/mol. The van der Waals surface area contributed by atoms with Gasteiger partial charge in [0.25, 0.3) is 0 Å². The fraction of sp³-hybridized carbons (Fsp3) is 0.304. The molecule has 0 amide bonds. The van der Waals surface area contributed by atoms with Crippen LogP contribution in [0.5, 0.6) is 5.75 Å². The average molecular weight is 507 g/mol. The first-order chi connectivity index (χ1) is 14.9. The van der Waals surface area contributed by atoms with Gasteiger partial charge in [-0.1, -0.05) is 59.3 Å². The first-order valence-corrected chi connectivity index (χ1v) is 12.5. The SMILES string of the molecule is CCN(Cc1cc(Br)ccc1OCc1ccccc1)C1C=CC=CN1S(=O)(=O)CCO. The molecule has 2 aromatic rings. The molecule has 6 nitrogen and oxygen atoms in total. The molecule has 1 N–H and O–H groups in total. The van der Waals surface area contributed by atoms with Crippen LogP contribution in [0.4, 0.5) is 0 Å². The fourth-order valence-corrected chi connectivity index (χ4v) is 5.03. The van der Waals surface area contributed by atoms with Gasteiger partial charge in [-0.3, -0.25) is 9.21 Å². The summed E-state index contributed by atoms with van der Waals surface area (Å²) >= 11 is 3.53. The maximum absolute atomic E-state index is 12.7. The smallest absolute Gasteiger partial charge is 0.238 e. The number of rotatable bonds is 10. The zero-order valence-electron chi connectivity index (χ0n) is 17.4. The van der Waals surface area contributed by atoms with Gasteiger partial charge < -0.3 is 9.84 Å². The van der Waals surface area contributed by atoms with E-state index in [0.29, 0.717) is 19.7 Å². The molecular weight excluding hydrogens is 480 g/mol. The van der Waals surface area contributed by atoms with Gasteiger partial charge in [-0.25, -0.2) is 8.42 Å². The van der Waals surface area contributed by atoms with Crippen molar-refractivity contribution in [1.29, 1.82) is 0 Å². The Morgan fingerprint density at radius 2 is 1.94 bits per heavy atom. The molecule has 0 radical (unpaired) electrons. The second-order valence-corrected chi connectivity index (χ2v) is 10.0. The molecule has 2 aromatic carbocycles. The van der Waals surface area contributed by atoms with Crippen molar-refractivity contribution in [2.75, 3.05) is 18.9 Å². The summed E-state index contributed by atoms with van der Waals surface area (Å²) in [6.45, 7) is 3.14. The second kappa shape index (κ2) is 10.9. The number of likely N-dealkylation sites (N-methyl/N-ethyl adjacent to an activating group) is 1. The number of ether oxygens (including phenoxy) is 1. The number of nitrogens with zero attached hydrogens (tertiary/aromatic N) is 2. The third-order valence-electron chi connectivity index (χ3n) is 4.97. The second-order valence-electron chi connectivity index (χ2n) is 7.10. The standard InChI is InChI=1S/C23H27BrN2O4S/c1-2-25(23-10-6-7-13-26(23)31(28,29)15-14-27)17-20-16-21(24)11-12-22(20)30-18-19-8-4-3-5-9-19/h3-13,16,23,27H,2,14-15,17-18H2,1H3. The quantitative estimate of drug-likeness (QED) is 0.529. The van der Waals surface area contributed by atoms with E-state index < -0.39 is 22.8 Å². The average Bonchev–Trinajstić information content (AvgIpc) is 2.77. The van der Waals surface area contributed by atoms with E-state index in [-0.39, 0.29) is 5.75 Å². The molecule has 0 spiro atoms. The Morgan fingerprint density at radius 3 is 2.65 bits per heavy atom. The number of benzene rings is 2. The van der Waals surface area contributed by atoms with E-state index in [2.05, 4.69) is 15.9 Å². The zero-order chi connectivity index (χ0) is 22.3. The molecule has 1 heterocycles. The predicted octanol–water partition coefficient (Wildman–Crippen LogP) is 3.88. The first-order valence-electron chi connectivity index (χ1n) is 10.1. The lowest BCUT2D eigenvalue weighted by molar-refractivity contribution is 0.156. The normalized spacial score (nSPS) is 16.1. The number of halogens is 1. The highest BCUT2D eigenvalue weighted by atomic mass is 79.9. The molecule has 31 heavy (non-hydrogen) atoms. The van der Waals surface area contributed by atoms with Crippen molar-refractivity contribution in [2.45, 2.75) is 26.2 Å². The molecule has 0 saturated heterocycles. The molecule has 1 aliphatic rings. The van der Waals surface area contributed by atoms with Gasteiger partial charge in [0.2, 0.25) is 10.0 Å². The lowest BCUT2D eigenvalue weighted by Crippen LogP contribution is -2.48. The zero-order valence-corrected chi connectivity index (χ0v) is 19.8. The van der Waals surface area contributed by atoms with Gasteiger partial charge in [-0.2, -0.15) is 0 Å². The Morgan fingerprint density at radius 1 is 1.16 bits per heavy atom. The molecule has 0 saturated carbocycles. The summed E-state index contributed by atoms with van der Waals surface area (Å²) in [6.07, 6.45) is 6.44.